The molecular formula is C15H21FO2. The fourth-order valence-electron chi connectivity index (χ4n) is 1.81. The number of carbonyl (C=O) groups excluding carboxylic acids is 1. The zero-order valence-electron chi connectivity index (χ0n) is 11.0. The lowest BCUT2D eigenvalue weighted by molar-refractivity contribution is 0.112. The molecule has 0 saturated heterocycles. The highest BCUT2D eigenvalue weighted by Gasteiger charge is 2.01. The van der Waals surface area contributed by atoms with Crippen LogP contribution in [0.4, 0.5) is 4.39 Å². The molecule has 0 aliphatic rings. The third-order valence-electron chi connectivity index (χ3n) is 2.80. The number of aldehydes is 1. The smallest absolute Gasteiger partial charge is 0.150 e. The first-order valence-corrected chi connectivity index (χ1v) is 6.65. The average Bonchev–Trinajstić information content (AvgIpc) is 2.37. The molecule has 0 amide bonds. The first kappa shape index (κ1) is 14.7. The topological polar surface area (TPSA) is 26.3 Å². The Hall–Kier alpha value is -1.38. The van der Waals surface area contributed by atoms with Crippen molar-refractivity contribution >= 4 is 6.29 Å². The summed E-state index contributed by atoms with van der Waals surface area (Å²) in [5.74, 6) is 0.00297. The lowest BCUT2D eigenvalue weighted by Crippen LogP contribution is -1.98. The molecule has 100 valence electrons. The number of hydrogen-bond acceptors (Lipinski definition) is 2. The molecule has 0 atom stereocenters. The molecule has 0 unspecified atom stereocenters. The van der Waals surface area contributed by atoms with Gasteiger partial charge >= 0.3 is 0 Å². The van der Waals surface area contributed by atoms with Crippen LogP contribution in [-0.4, -0.2) is 12.9 Å². The minimum atomic E-state index is -0.433. The van der Waals surface area contributed by atoms with Crippen molar-refractivity contribution in [2.24, 2.45) is 0 Å². The SMILES string of the molecule is CCCCCCCCOc1cc(F)cc(C=O)c1. The van der Waals surface area contributed by atoms with Gasteiger partial charge in [-0.15, -0.1) is 0 Å². The lowest BCUT2D eigenvalue weighted by Gasteiger charge is -2.06. The molecule has 1 rings (SSSR count). The minimum Gasteiger partial charge on any atom is -0.493 e. The van der Waals surface area contributed by atoms with Crippen molar-refractivity contribution in [3.8, 4) is 5.75 Å². The van der Waals surface area contributed by atoms with Gasteiger partial charge in [-0.25, -0.2) is 4.39 Å². The second kappa shape index (κ2) is 8.67. The number of rotatable bonds is 9. The predicted molar refractivity (Wildman–Crippen MR) is 70.7 cm³/mol. The van der Waals surface area contributed by atoms with Crippen molar-refractivity contribution in [3.63, 3.8) is 0 Å². The Balaban J connectivity index is 2.22. The summed E-state index contributed by atoms with van der Waals surface area (Å²) in [7, 11) is 0. The number of unbranched alkanes of at least 4 members (excludes halogenated alkanes) is 5. The Bertz CT molecular complexity index is 364. The molecule has 0 saturated carbocycles. The van der Waals surface area contributed by atoms with Gasteiger partial charge in [-0.1, -0.05) is 39.0 Å². The van der Waals surface area contributed by atoms with Crippen molar-refractivity contribution in [2.45, 2.75) is 45.4 Å². The predicted octanol–water partition coefficient (Wildman–Crippen LogP) is 4.38. The fourth-order valence-corrected chi connectivity index (χ4v) is 1.81. The normalized spacial score (nSPS) is 10.3. The number of ether oxygens (including phenoxy) is 1. The van der Waals surface area contributed by atoms with Gasteiger partial charge in [-0.3, -0.25) is 4.79 Å². The van der Waals surface area contributed by atoms with Gasteiger partial charge in [0.15, 0.2) is 0 Å². The van der Waals surface area contributed by atoms with Gasteiger partial charge in [0, 0.05) is 11.6 Å². The maximum atomic E-state index is 13.1. The van der Waals surface area contributed by atoms with Crippen LogP contribution in [0.5, 0.6) is 5.75 Å². The molecule has 2 nitrogen and oxygen atoms in total. The van der Waals surface area contributed by atoms with Gasteiger partial charge in [-0.2, -0.15) is 0 Å². The standard InChI is InChI=1S/C15H21FO2/c1-2-3-4-5-6-7-8-18-15-10-13(12-17)9-14(16)11-15/h9-12H,2-8H2,1H3. The molecule has 1 aromatic carbocycles. The number of carbonyl (C=O) groups is 1. The van der Waals surface area contributed by atoms with Gasteiger partial charge in [0.05, 0.1) is 6.61 Å². The molecule has 0 spiro atoms. The molecule has 18 heavy (non-hydrogen) atoms. The van der Waals surface area contributed by atoms with Gasteiger partial charge < -0.3 is 4.74 Å². The van der Waals surface area contributed by atoms with Gasteiger partial charge in [0.2, 0.25) is 0 Å². The van der Waals surface area contributed by atoms with E-state index in [-0.39, 0.29) is 0 Å². The lowest BCUT2D eigenvalue weighted by atomic mass is 10.1. The van der Waals surface area contributed by atoms with Gasteiger partial charge in [0.1, 0.15) is 17.9 Å². The van der Waals surface area contributed by atoms with E-state index in [1.165, 1.54) is 37.8 Å². The Morgan fingerprint density at radius 3 is 2.56 bits per heavy atom. The molecule has 0 fully saturated rings. The highest BCUT2D eigenvalue weighted by atomic mass is 19.1. The van der Waals surface area contributed by atoms with Crippen LogP contribution in [0, 0.1) is 5.82 Å². The Labute approximate surface area is 108 Å². The second-order valence-electron chi connectivity index (χ2n) is 4.45. The zero-order valence-corrected chi connectivity index (χ0v) is 11.0. The Morgan fingerprint density at radius 2 is 1.83 bits per heavy atom. The van der Waals surface area contributed by atoms with E-state index in [2.05, 4.69) is 6.92 Å². The van der Waals surface area contributed by atoms with E-state index in [9.17, 15) is 9.18 Å². The zero-order chi connectivity index (χ0) is 13.2. The summed E-state index contributed by atoms with van der Waals surface area (Å²) < 4.78 is 18.5. The van der Waals surface area contributed by atoms with Crippen molar-refractivity contribution in [1.29, 1.82) is 0 Å². The molecule has 1 aromatic rings. The summed E-state index contributed by atoms with van der Waals surface area (Å²) in [5, 5.41) is 0. The van der Waals surface area contributed by atoms with Crippen LogP contribution >= 0.6 is 0 Å². The maximum absolute atomic E-state index is 13.1. The highest BCUT2D eigenvalue weighted by Crippen LogP contribution is 2.16. The molecule has 0 heterocycles. The van der Waals surface area contributed by atoms with Crippen LogP contribution < -0.4 is 4.74 Å². The number of benzene rings is 1. The van der Waals surface area contributed by atoms with E-state index in [0.29, 0.717) is 24.2 Å². The third kappa shape index (κ3) is 5.80. The van der Waals surface area contributed by atoms with E-state index < -0.39 is 5.82 Å². The highest BCUT2D eigenvalue weighted by molar-refractivity contribution is 5.75. The van der Waals surface area contributed by atoms with E-state index in [1.807, 2.05) is 0 Å². The molecule has 3 heteroatoms. The monoisotopic (exact) mass is 252 g/mol. The summed E-state index contributed by atoms with van der Waals surface area (Å²) in [6, 6.07) is 4.07. The summed E-state index contributed by atoms with van der Waals surface area (Å²) in [4.78, 5) is 10.6. The first-order valence-electron chi connectivity index (χ1n) is 6.65. The quantitative estimate of drug-likeness (QED) is 0.481. The Kier molecular flexibility index (Phi) is 7.07. The number of halogens is 1. The molecule has 0 aliphatic heterocycles. The fraction of sp³-hybridized carbons (Fsp3) is 0.533. The van der Waals surface area contributed by atoms with Gasteiger partial charge in [-0.05, 0) is 18.6 Å². The van der Waals surface area contributed by atoms with E-state index in [0.717, 1.165) is 12.8 Å². The first-order chi connectivity index (χ1) is 8.76. The van der Waals surface area contributed by atoms with E-state index in [4.69, 9.17) is 4.74 Å². The molecule has 0 aromatic heterocycles. The summed E-state index contributed by atoms with van der Waals surface area (Å²) in [6.07, 6.45) is 7.75. The largest absolute Gasteiger partial charge is 0.493 e. The summed E-state index contributed by atoms with van der Waals surface area (Å²) in [5.41, 5.74) is 0.313. The number of hydrogen-bond donors (Lipinski definition) is 0. The van der Waals surface area contributed by atoms with E-state index in [1.54, 1.807) is 6.07 Å². The van der Waals surface area contributed by atoms with Crippen molar-refractivity contribution in [2.75, 3.05) is 6.61 Å². The van der Waals surface area contributed by atoms with Crippen molar-refractivity contribution in [3.05, 3.63) is 29.6 Å². The van der Waals surface area contributed by atoms with Gasteiger partial charge in [0.25, 0.3) is 0 Å². The summed E-state index contributed by atoms with van der Waals surface area (Å²) >= 11 is 0. The van der Waals surface area contributed by atoms with Crippen LogP contribution in [0.3, 0.4) is 0 Å². The van der Waals surface area contributed by atoms with E-state index >= 15 is 0 Å². The van der Waals surface area contributed by atoms with Crippen LogP contribution in [0.15, 0.2) is 18.2 Å². The molecule has 0 aliphatic carbocycles. The molecule has 0 radical (unpaired) electrons. The van der Waals surface area contributed by atoms with Crippen molar-refractivity contribution < 1.29 is 13.9 Å². The van der Waals surface area contributed by atoms with Crippen LogP contribution in [0.2, 0.25) is 0 Å². The van der Waals surface area contributed by atoms with Crippen LogP contribution in [-0.2, 0) is 0 Å². The second-order valence-corrected chi connectivity index (χ2v) is 4.45. The van der Waals surface area contributed by atoms with Crippen molar-refractivity contribution in [1.82, 2.24) is 0 Å². The molecular weight excluding hydrogens is 231 g/mol. The minimum absolute atomic E-state index is 0.313. The maximum Gasteiger partial charge on any atom is 0.150 e. The molecule has 0 N–H and O–H groups in total. The molecule has 0 bridgehead atoms. The summed E-state index contributed by atoms with van der Waals surface area (Å²) in [6.45, 7) is 2.77. The van der Waals surface area contributed by atoms with Crippen LogP contribution in [0.25, 0.3) is 0 Å². The third-order valence-corrected chi connectivity index (χ3v) is 2.80. The van der Waals surface area contributed by atoms with Crippen LogP contribution in [0.1, 0.15) is 55.8 Å². The Morgan fingerprint density at radius 1 is 1.11 bits per heavy atom. The average molecular weight is 252 g/mol.